The summed E-state index contributed by atoms with van der Waals surface area (Å²) in [7, 11) is 0. The van der Waals surface area contributed by atoms with E-state index in [1.807, 2.05) is 25.1 Å². The summed E-state index contributed by atoms with van der Waals surface area (Å²) in [5, 5.41) is 3.00. The molecule has 1 amide bonds. The van der Waals surface area contributed by atoms with Crippen LogP contribution in [0.3, 0.4) is 0 Å². The van der Waals surface area contributed by atoms with Crippen LogP contribution in [0.2, 0.25) is 0 Å². The molecule has 6 heteroatoms. The van der Waals surface area contributed by atoms with E-state index in [0.29, 0.717) is 25.3 Å². The summed E-state index contributed by atoms with van der Waals surface area (Å²) in [6, 6.07) is 10.3. The molecule has 2 aliphatic rings. The van der Waals surface area contributed by atoms with Crippen LogP contribution in [-0.4, -0.2) is 33.4 Å². The highest BCUT2D eigenvalue weighted by atomic mass is 16.2. The van der Waals surface area contributed by atoms with Crippen molar-refractivity contribution < 1.29 is 4.79 Å². The first-order chi connectivity index (χ1) is 15.6. The van der Waals surface area contributed by atoms with Gasteiger partial charge in [0, 0.05) is 39.0 Å². The zero-order valence-electron chi connectivity index (χ0n) is 19.1. The summed E-state index contributed by atoms with van der Waals surface area (Å²) < 4.78 is 1.58. The maximum atomic E-state index is 13.4. The maximum absolute atomic E-state index is 13.4. The molecule has 2 aromatic rings. The van der Waals surface area contributed by atoms with Gasteiger partial charge in [-0.3, -0.25) is 19.1 Å². The predicted octanol–water partition coefficient (Wildman–Crippen LogP) is 3.37. The molecule has 0 bridgehead atoms. The molecule has 0 saturated carbocycles. The van der Waals surface area contributed by atoms with E-state index in [1.54, 1.807) is 4.57 Å². The lowest BCUT2D eigenvalue weighted by molar-refractivity contribution is -0.121. The molecule has 0 spiro atoms. The Morgan fingerprint density at radius 2 is 2.00 bits per heavy atom. The maximum Gasteiger partial charge on any atom is 0.258 e. The summed E-state index contributed by atoms with van der Waals surface area (Å²) in [4.78, 5) is 33.0. The van der Waals surface area contributed by atoms with Crippen molar-refractivity contribution in [3.63, 3.8) is 0 Å². The number of aromatic nitrogens is 2. The Morgan fingerprint density at radius 3 is 2.75 bits per heavy atom. The molecule has 170 valence electrons. The quantitative estimate of drug-likeness (QED) is 0.647. The molecule has 1 aliphatic heterocycles. The molecule has 4 rings (SSSR count). The van der Waals surface area contributed by atoms with Crippen LogP contribution in [0, 0.1) is 0 Å². The first-order valence-corrected chi connectivity index (χ1v) is 12.0. The van der Waals surface area contributed by atoms with Gasteiger partial charge in [-0.25, -0.2) is 4.98 Å². The highest BCUT2D eigenvalue weighted by Gasteiger charge is 2.24. The van der Waals surface area contributed by atoms with Crippen LogP contribution < -0.4 is 10.9 Å². The van der Waals surface area contributed by atoms with Crippen molar-refractivity contribution in [2.75, 3.05) is 13.1 Å². The van der Waals surface area contributed by atoms with Gasteiger partial charge in [0.2, 0.25) is 5.91 Å². The predicted molar refractivity (Wildman–Crippen MR) is 126 cm³/mol. The summed E-state index contributed by atoms with van der Waals surface area (Å²) in [5.74, 6) is 0.590. The number of carbonyl (C=O) groups is 1. The lowest BCUT2D eigenvalue weighted by Gasteiger charge is -2.28. The van der Waals surface area contributed by atoms with Crippen molar-refractivity contribution >= 4 is 5.91 Å². The molecule has 2 heterocycles. The molecule has 1 aliphatic carbocycles. The SMILES string of the molecule is CCc1nc2c(c(=O)n1CC(=O)NCCC1=CCCCC1)CN(Cc1ccccc1)CC2. The number of hydrogen-bond donors (Lipinski definition) is 1. The smallest absolute Gasteiger partial charge is 0.258 e. The molecular formula is C26H34N4O2. The lowest BCUT2D eigenvalue weighted by atomic mass is 9.97. The minimum absolute atomic E-state index is 0.0417. The van der Waals surface area contributed by atoms with Crippen LogP contribution in [0.1, 0.15) is 61.7 Å². The number of allylic oxidation sites excluding steroid dienone is 1. The zero-order chi connectivity index (χ0) is 22.3. The number of nitrogens with one attached hydrogen (secondary N) is 1. The van der Waals surface area contributed by atoms with E-state index in [9.17, 15) is 9.59 Å². The number of nitrogens with zero attached hydrogens (tertiary/aromatic N) is 3. The summed E-state index contributed by atoms with van der Waals surface area (Å²) in [6.07, 6.45) is 9.43. The van der Waals surface area contributed by atoms with E-state index < -0.39 is 0 Å². The van der Waals surface area contributed by atoms with Gasteiger partial charge < -0.3 is 5.32 Å². The summed E-state index contributed by atoms with van der Waals surface area (Å²) >= 11 is 0. The highest BCUT2D eigenvalue weighted by molar-refractivity contribution is 5.75. The molecular weight excluding hydrogens is 400 g/mol. The topological polar surface area (TPSA) is 67.2 Å². The first-order valence-electron chi connectivity index (χ1n) is 12.0. The van der Waals surface area contributed by atoms with Crippen molar-refractivity contribution in [1.82, 2.24) is 19.8 Å². The average Bonchev–Trinajstić information content (AvgIpc) is 2.82. The van der Waals surface area contributed by atoms with Crippen molar-refractivity contribution in [3.8, 4) is 0 Å². The normalized spacial score (nSPS) is 16.3. The molecule has 0 atom stereocenters. The Balaban J connectivity index is 1.43. The Labute approximate surface area is 190 Å². The summed E-state index contributed by atoms with van der Waals surface area (Å²) in [5.41, 5.74) is 4.26. The second kappa shape index (κ2) is 10.7. The molecule has 0 fully saturated rings. The van der Waals surface area contributed by atoms with Crippen molar-refractivity contribution in [2.45, 2.75) is 71.5 Å². The van der Waals surface area contributed by atoms with Crippen LogP contribution in [0.15, 0.2) is 46.8 Å². The Morgan fingerprint density at radius 1 is 1.16 bits per heavy atom. The van der Waals surface area contributed by atoms with E-state index in [4.69, 9.17) is 4.98 Å². The van der Waals surface area contributed by atoms with E-state index in [2.05, 4.69) is 28.4 Å². The number of benzene rings is 1. The highest BCUT2D eigenvalue weighted by Crippen LogP contribution is 2.20. The van der Waals surface area contributed by atoms with E-state index in [1.165, 1.54) is 24.0 Å². The van der Waals surface area contributed by atoms with Gasteiger partial charge in [0.15, 0.2) is 0 Å². The van der Waals surface area contributed by atoms with E-state index in [0.717, 1.165) is 50.0 Å². The summed E-state index contributed by atoms with van der Waals surface area (Å²) in [6.45, 7) is 4.94. The minimum atomic E-state index is -0.114. The van der Waals surface area contributed by atoms with Gasteiger partial charge in [-0.1, -0.05) is 48.9 Å². The van der Waals surface area contributed by atoms with Crippen LogP contribution in [-0.2, 0) is 37.3 Å². The van der Waals surface area contributed by atoms with Crippen LogP contribution in [0.5, 0.6) is 0 Å². The second-order valence-electron chi connectivity index (χ2n) is 8.85. The minimum Gasteiger partial charge on any atom is -0.354 e. The van der Waals surface area contributed by atoms with E-state index in [-0.39, 0.29) is 18.0 Å². The molecule has 6 nitrogen and oxygen atoms in total. The fraction of sp³-hybridized carbons (Fsp3) is 0.500. The molecule has 0 unspecified atom stereocenters. The van der Waals surface area contributed by atoms with Crippen LogP contribution in [0.4, 0.5) is 0 Å². The third-order valence-electron chi connectivity index (χ3n) is 6.49. The van der Waals surface area contributed by atoms with Gasteiger partial charge in [-0.15, -0.1) is 0 Å². The number of fused-ring (bicyclic) bond motifs is 1. The Bertz CT molecular complexity index is 1030. The average molecular weight is 435 g/mol. The standard InChI is InChI=1S/C26H34N4O2/c1-2-24-28-23-14-16-29(17-21-11-7-4-8-12-21)18-22(23)26(32)30(24)19-25(31)27-15-13-20-9-5-3-6-10-20/h4,7-9,11-12H,2-3,5-6,10,13-19H2,1H3,(H,27,31). The van der Waals surface area contributed by atoms with Gasteiger partial charge in [-0.2, -0.15) is 0 Å². The van der Waals surface area contributed by atoms with Crippen molar-refractivity contribution in [1.29, 1.82) is 0 Å². The number of hydrogen-bond acceptors (Lipinski definition) is 4. The first kappa shape index (κ1) is 22.5. The molecule has 32 heavy (non-hydrogen) atoms. The Hall–Kier alpha value is -2.73. The monoisotopic (exact) mass is 434 g/mol. The fourth-order valence-electron chi connectivity index (χ4n) is 4.72. The van der Waals surface area contributed by atoms with E-state index >= 15 is 0 Å². The molecule has 0 radical (unpaired) electrons. The second-order valence-corrected chi connectivity index (χ2v) is 8.85. The third kappa shape index (κ3) is 5.54. The van der Waals surface area contributed by atoms with Crippen molar-refractivity contribution in [2.24, 2.45) is 0 Å². The molecule has 1 aromatic heterocycles. The van der Waals surface area contributed by atoms with Gasteiger partial charge in [0.25, 0.3) is 5.56 Å². The fourth-order valence-corrected chi connectivity index (χ4v) is 4.72. The molecule has 0 saturated heterocycles. The van der Waals surface area contributed by atoms with Crippen molar-refractivity contribution in [3.05, 3.63) is 75.0 Å². The zero-order valence-corrected chi connectivity index (χ0v) is 19.1. The largest absolute Gasteiger partial charge is 0.354 e. The van der Waals surface area contributed by atoms with Crippen LogP contribution in [0.25, 0.3) is 0 Å². The van der Waals surface area contributed by atoms with Gasteiger partial charge in [-0.05, 0) is 37.7 Å². The third-order valence-corrected chi connectivity index (χ3v) is 6.49. The molecule has 1 aromatic carbocycles. The molecule has 1 N–H and O–H groups in total. The number of carbonyl (C=O) groups excluding carboxylic acids is 1. The lowest BCUT2D eigenvalue weighted by Crippen LogP contribution is -2.41. The van der Waals surface area contributed by atoms with Gasteiger partial charge in [0.1, 0.15) is 12.4 Å². The van der Waals surface area contributed by atoms with Crippen LogP contribution >= 0.6 is 0 Å². The number of amides is 1. The number of rotatable bonds is 8. The number of aryl methyl sites for hydroxylation is 1. The van der Waals surface area contributed by atoms with Gasteiger partial charge in [0.05, 0.1) is 11.3 Å². The Kier molecular flexibility index (Phi) is 7.53. The van der Waals surface area contributed by atoms with Gasteiger partial charge >= 0.3 is 0 Å².